The Bertz CT molecular complexity index is 378. The number of rotatable bonds is 11. The Morgan fingerprint density at radius 2 is 2.10 bits per heavy atom. The highest BCUT2D eigenvalue weighted by Crippen LogP contribution is 2.09. The predicted molar refractivity (Wildman–Crippen MR) is 86.6 cm³/mol. The van der Waals surface area contributed by atoms with Crippen LogP contribution in [0.4, 0.5) is 0 Å². The van der Waals surface area contributed by atoms with Crippen molar-refractivity contribution < 1.29 is 13.9 Å². The van der Waals surface area contributed by atoms with Gasteiger partial charge in [-0.15, -0.1) is 0 Å². The second-order valence-electron chi connectivity index (χ2n) is 4.71. The smallest absolute Gasteiger partial charge is 0.161 e. The van der Waals surface area contributed by atoms with Crippen LogP contribution in [0.5, 0.6) is 0 Å². The first kappa shape index (κ1) is 17.1. The summed E-state index contributed by atoms with van der Waals surface area (Å²) < 4.78 is 16.0. The summed E-state index contributed by atoms with van der Waals surface area (Å²) in [7, 11) is 2.91. The molecular formula is C16H26O3Si. The van der Waals surface area contributed by atoms with Crippen LogP contribution in [0, 0.1) is 0 Å². The van der Waals surface area contributed by atoms with Gasteiger partial charge in [0.25, 0.3) is 0 Å². The molecule has 0 aliphatic heterocycles. The van der Waals surface area contributed by atoms with E-state index in [1.54, 1.807) is 14.2 Å². The average Bonchev–Trinajstić information content (AvgIpc) is 2.50. The maximum absolute atomic E-state index is 5.76. The fourth-order valence-electron chi connectivity index (χ4n) is 2.04. The van der Waals surface area contributed by atoms with Crippen LogP contribution >= 0.6 is 0 Å². The van der Waals surface area contributed by atoms with Gasteiger partial charge in [0.2, 0.25) is 0 Å². The molecule has 0 aromatic heterocycles. The third kappa shape index (κ3) is 7.00. The van der Waals surface area contributed by atoms with Gasteiger partial charge in [-0.1, -0.05) is 36.9 Å². The van der Waals surface area contributed by atoms with Crippen LogP contribution in [0.25, 0.3) is 6.08 Å². The number of hydrogen-bond acceptors (Lipinski definition) is 3. The number of methoxy groups -OCH3 is 2. The molecule has 0 atom stereocenters. The van der Waals surface area contributed by atoms with E-state index in [0.717, 1.165) is 31.9 Å². The number of aryl methyl sites for hydroxylation is 1. The van der Waals surface area contributed by atoms with Crippen molar-refractivity contribution in [1.29, 1.82) is 0 Å². The molecule has 0 saturated heterocycles. The lowest BCUT2D eigenvalue weighted by Crippen LogP contribution is -2.14. The van der Waals surface area contributed by atoms with Gasteiger partial charge in [0.05, 0.1) is 0 Å². The van der Waals surface area contributed by atoms with Crippen molar-refractivity contribution in [1.82, 2.24) is 0 Å². The van der Waals surface area contributed by atoms with E-state index < -0.39 is 9.76 Å². The molecule has 0 saturated carbocycles. The van der Waals surface area contributed by atoms with E-state index in [2.05, 4.69) is 30.8 Å². The molecule has 0 N–H and O–H groups in total. The van der Waals surface area contributed by atoms with Gasteiger partial charge in [-0.2, -0.15) is 0 Å². The van der Waals surface area contributed by atoms with Crippen LogP contribution < -0.4 is 0 Å². The highest BCUT2D eigenvalue weighted by molar-refractivity contribution is 6.26. The van der Waals surface area contributed by atoms with Crippen LogP contribution in [0.2, 0.25) is 6.04 Å². The van der Waals surface area contributed by atoms with Crippen LogP contribution in [0.15, 0.2) is 30.8 Å². The van der Waals surface area contributed by atoms with Gasteiger partial charge in [-0.05, 0) is 36.4 Å². The first-order valence-corrected chi connectivity index (χ1v) is 8.72. The molecule has 0 aliphatic rings. The van der Waals surface area contributed by atoms with Crippen molar-refractivity contribution in [2.45, 2.75) is 31.6 Å². The van der Waals surface area contributed by atoms with E-state index in [1.165, 1.54) is 11.1 Å². The van der Waals surface area contributed by atoms with Gasteiger partial charge in [0.15, 0.2) is 16.1 Å². The highest BCUT2D eigenvalue weighted by atomic mass is 28.2. The maximum atomic E-state index is 5.76. The molecule has 0 bridgehead atoms. The zero-order valence-corrected chi connectivity index (χ0v) is 14.1. The molecular weight excluding hydrogens is 268 g/mol. The van der Waals surface area contributed by atoms with E-state index in [9.17, 15) is 0 Å². The largest absolute Gasteiger partial charge is 0.424 e. The van der Waals surface area contributed by atoms with Gasteiger partial charge in [-0.25, -0.2) is 0 Å². The van der Waals surface area contributed by atoms with Gasteiger partial charge in [-0.3, -0.25) is 0 Å². The van der Waals surface area contributed by atoms with Gasteiger partial charge >= 0.3 is 0 Å². The van der Waals surface area contributed by atoms with E-state index in [-0.39, 0.29) is 6.29 Å². The lowest BCUT2D eigenvalue weighted by molar-refractivity contribution is -0.103. The highest BCUT2D eigenvalue weighted by Gasteiger charge is 2.04. The average molecular weight is 294 g/mol. The minimum absolute atomic E-state index is 0.0762. The molecule has 1 rings (SSSR count). The number of benzene rings is 1. The van der Waals surface area contributed by atoms with Crippen molar-refractivity contribution in [3.63, 3.8) is 0 Å². The zero-order valence-electron chi connectivity index (χ0n) is 12.6. The van der Waals surface area contributed by atoms with Crippen molar-refractivity contribution in [2.24, 2.45) is 0 Å². The Hall–Kier alpha value is -0.943. The number of ether oxygens (including phenoxy) is 2. The Kier molecular flexibility index (Phi) is 9.24. The molecule has 1 aromatic rings. The van der Waals surface area contributed by atoms with E-state index >= 15 is 0 Å². The van der Waals surface area contributed by atoms with E-state index in [1.807, 2.05) is 6.08 Å². The molecule has 0 spiro atoms. The molecule has 0 aliphatic carbocycles. The first-order chi connectivity index (χ1) is 9.80. The molecule has 0 fully saturated rings. The summed E-state index contributed by atoms with van der Waals surface area (Å²) in [5.41, 5.74) is 2.54. The Morgan fingerprint density at radius 3 is 2.80 bits per heavy atom. The Balaban J connectivity index is 2.05. The molecule has 112 valence electrons. The molecule has 0 amide bonds. The molecule has 0 unspecified atom stereocenters. The third-order valence-electron chi connectivity index (χ3n) is 3.20. The fraction of sp³-hybridized carbons (Fsp3) is 0.500. The van der Waals surface area contributed by atoms with Crippen LogP contribution in [-0.4, -0.2) is 36.9 Å². The third-order valence-corrected chi connectivity index (χ3v) is 4.47. The minimum Gasteiger partial charge on any atom is -0.424 e. The monoisotopic (exact) mass is 294 g/mol. The maximum Gasteiger partial charge on any atom is 0.161 e. The molecule has 4 heteroatoms. The summed E-state index contributed by atoms with van der Waals surface area (Å²) in [6.45, 7) is 4.65. The van der Waals surface area contributed by atoms with Crippen molar-refractivity contribution in [3.8, 4) is 0 Å². The Labute approximate surface area is 124 Å². The summed E-state index contributed by atoms with van der Waals surface area (Å²) in [4.78, 5) is 0. The standard InChI is InChI=1S/C16H26O3Si/c1-4-14-7-5-8-15(13-14)9-6-11-19-20-12-10-16(17-2)18-3/h4-5,7-8,13,16H,1,6,9-12,20H2,2-3H3. The zero-order chi connectivity index (χ0) is 14.6. The number of hydrogen-bond donors (Lipinski definition) is 0. The van der Waals surface area contributed by atoms with Crippen LogP contribution in [0.3, 0.4) is 0 Å². The van der Waals surface area contributed by atoms with Crippen LogP contribution in [-0.2, 0) is 20.3 Å². The molecule has 0 heterocycles. The summed E-state index contributed by atoms with van der Waals surface area (Å²) in [5.74, 6) is 0. The van der Waals surface area contributed by atoms with Crippen molar-refractivity contribution in [2.75, 3.05) is 20.8 Å². The lowest BCUT2D eigenvalue weighted by atomic mass is 10.1. The summed E-state index contributed by atoms with van der Waals surface area (Å²) >= 11 is 0. The first-order valence-electron chi connectivity index (χ1n) is 7.15. The van der Waals surface area contributed by atoms with Gasteiger partial charge < -0.3 is 13.9 Å². The minimum atomic E-state index is -0.439. The fourth-order valence-corrected chi connectivity index (χ4v) is 3.15. The Morgan fingerprint density at radius 1 is 1.30 bits per heavy atom. The molecule has 3 nitrogen and oxygen atoms in total. The topological polar surface area (TPSA) is 27.7 Å². The van der Waals surface area contributed by atoms with Crippen LogP contribution in [0.1, 0.15) is 24.0 Å². The van der Waals surface area contributed by atoms with Crippen molar-refractivity contribution >= 4 is 15.8 Å². The molecule has 0 radical (unpaired) electrons. The van der Waals surface area contributed by atoms with Gasteiger partial charge in [0, 0.05) is 20.8 Å². The summed E-state index contributed by atoms with van der Waals surface area (Å²) in [6, 6.07) is 9.59. The predicted octanol–water partition coefficient (Wildman–Crippen LogP) is 2.79. The summed E-state index contributed by atoms with van der Waals surface area (Å²) in [5, 5.41) is 0. The quantitative estimate of drug-likeness (QED) is 0.357. The van der Waals surface area contributed by atoms with E-state index in [4.69, 9.17) is 13.9 Å². The second-order valence-corrected chi connectivity index (χ2v) is 6.23. The van der Waals surface area contributed by atoms with Crippen molar-refractivity contribution in [3.05, 3.63) is 42.0 Å². The summed E-state index contributed by atoms with van der Waals surface area (Å²) in [6.07, 6.45) is 4.88. The normalized spacial score (nSPS) is 11.6. The SMILES string of the molecule is C=Cc1cccc(CCCO[SiH2]CCC(OC)OC)c1. The second kappa shape index (κ2) is 10.8. The van der Waals surface area contributed by atoms with E-state index in [0.29, 0.717) is 0 Å². The van der Waals surface area contributed by atoms with Gasteiger partial charge in [0.1, 0.15) is 0 Å². The lowest BCUT2D eigenvalue weighted by Gasteiger charge is -2.12. The molecule has 1 aromatic carbocycles. The molecule has 20 heavy (non-hydrogen) atoms.